The summed E-state index contributed by atoms with van der Waals surface area (Å²) in [7, 11) is 0. The summed E-state index contributed by atoms with van der Waals surface area (Å²) in [6.45, 7) is 0. The number of rotatable bonds is 4. The predicted octanol–water partition coefficient (Wildman–Crippen LogP) is 13.9. The Bertz CT molecular complexity index is 3480. The lowest BCUT2D eigenvalue weighted by Gasteiger charge is -2.12. The third kappa shape index (κ3) is 4.60. The quantitative estimate of drug-likeness (QED) is 0.171. The summed E-state index contributed by atoms with van der Waals surface area (Å²) >= 11 is 0. The van der Waals surface area contributed by atoms with Gasteiger partial charge in [0.15, 0.2) is 0 Å². The van der Waals surface area contributed by atoms with Gasteiger partial charge in [0.05, 0.1) is 27.8 Å². The molecule has 0 unspecified atom stereocenters. The van der Waals surface area contributed by atoms with Crippen LogP contribution < -0.4 is 0 Å². The highest BCUT2D eigenvalue weighted by Gasteiger charge is 2.19. The van der Waals surface area contributed by atoms with Crippen LogP contribution in [0.3, 0.4) is 0 Å². The van der Waals surface area contributed by atoms with E-state index in [2.05, 4.69) is 185 Å². The number of benzene rings is 8. The molecule has 4 aromatic heterocycles. The second kappa shape index (κ2) is 12.0. The van der Waals surface area contributed by atoms with Crippen LogP contribution in [0.2, 0.25) is 0 Å². The van der Waals surface area contributed by atoms with E-state index >= 15 is 0 Å². The smallest absolute Gasteiger partial charge is 0.143 e. The van der Waals surface area contributed by atoms with Crippen molar-refractivity contribution >= 4 is 76.3 Å². The molecule has 0 saturated carbocycles. The molecular formula is C52H31N3O. The summed E-state index contributed by atoms with van der Waals surface area (Å²) in [5.41, 5.74) is 13.7. The molecule has 12 aromatic rings. The minimum absolute atomic E-state index is 0.876. The van der Waals surface area contributed by atoms with Crippen LogP contribution in [-0.4, -0.2) is 14.5 Å². The number of aromatic nitrogens is 3. The molecule has 0 aliphatic heterocycles. The Morgan fingerprint density at radius 2 is 1.11 bits per heavy atom. The molecule has 0 aliphatic rings. The zero-order valence-electron chi connectivity index (χ0n) is 30.1. The van der Waals surface area contributed by atoms with Gasteiger partial charge in [0, 0.05) is 55.2 Å². The molecule has 12 rings (SSSR count). The number of para-hydroxylation sites is 2. The maximum atomic E-state index is 6.75. The van der Waals surface area contributed by atoms with E-state index in [9.17, 15) is 0 Å². The Morgan fingerprint density at radius 1 is 0.429 bits per heavy atom. The average Bonchev–Trinajstić information content (AvgIpc) is 3.82. The molecule has 0 bridgehead atoms. The van der Waals surface area contributed by atoms with Crippen LogP contribution in [0.1, 0.15) is 0 Å². The zero-order valence-corrected chi connectivity index (χ0v) is 30.1. The van der Waals surface area contributed by atoms with Crippen molar-refractivity contribution in [1.82, 2.24) is 14.5 Å². The molecule has 0 aliphatic carbocycles. The van der Waals surface area contributed by atoms with Crippen molar-refractivity contribution < 1.29 is 4.42 Å². The van der Waals surface area contributed by atoms with E-state index in [4.69, 9.17) is 9.40 Å². The minimum atomic E-state index is 0.876. The molecule has 0 atom stereocenters. The number of hydrogen-bond donors (Lipinski definition) is 0. The Labute approximate surface area is 321 Å². The lowest BCUT2D eigenvalue weighted by atomic mass is 9.92. The van der Waals surface area contributed by atoms with Crippen LogP contribution in [0, 0.1) is 0 Å². The van der Waals surface area contributed by atoms with Crippen LogP contribution in [0.15, 0.2) is 193 Å². The topological polar surface area (TPSA) is 43.9 Å². The molecule has 0 saturated heterocycles. The second-order valence-electron chi connectivity index (χ2n) is 14.5. The number of hydrogen-bond acceptors (Lipinski definition) is 3. The summed E-state index contributed by atoms with van der Waals surface area (Å²) in [6, 6.07) is 64.9. The fourth-order valence-electron chi connectivity index (χ4n) is 8.85. The number of furan rings is 1. The first-order chi connectivity index (χ1) is 27.8. The lowest BCUT2D eigenvalue weighted by Crippen LogP contribution is -1.93. The third-order valence-corrected chi connectivity index (χ3v) is 11.4. The SMILES string of the molecule is c1cc(-c2ccc3ccc4cccnc4c3n2)cc(-c2cc3c(oc4cccc(-c5ccc(-n6c7ccccc7c7ccccc76)cc5)c43)c3ccccc23)c1. The Morgan fingerprint density at radius 3 is 1.91 bits per heavy atom. The third-order valence-electron chi connectivity index (χ3n) is 11.4. The van der Waals surface area contributed by atoms with Crippen LogP contribution in [0.25, 0.3) is 116 Å². The molecule has 0 N–H and O–H groups in total. The van der Waals surface area contributed by atoms with E-state index in [0.717, 1.165) is 93.7 Å². The molecule has 0 fully saturated rings. The van der Waals surface area contributed by atoms with Crippen molar-refractivity contribution in [1.29, 1.82) is 0 Å². The van der Waals surface area contributed by atoms with E-state index in [1.807, 2.05) is 12.3 Å². The number of nitrogens with zero attached hydrogens (tertiary/aromatic N) is 3. The number of fused-ring (bicyclic) bond motifs is 11. The van der Waals surface area contributed by atoms with Gasteiger partial charge in [-0.25, -0.2) is 4.98 Å². The molecule has 8 aromatic carbocycles. The van der Waals surface area contributed by atoms with Crippen molar-refractivity contribution in [3.63, 3.8) is 0 Å². The zero-order chi connectivity index (χ0) is 36.7. The van der Waals surface area contributed by atoms with Crippen molar-refractivity contribution in [2.75, 3.05) is 0 Å². The normalized spacial score (nSPS) is 11.9. The molecule has 0 radical (unpaired) electrons. The first-order valence-electron chi connectivity index (χ1n) is 19.0. The van der Waals surface area contributed by atoms with E-state index in [0.29, 0.717) is 0 Å². The fourth-order valence-corrected chi connectivity index (χ4v) is 8.85. The predicted molar refractivity (Wildman–Crippen MR) is 232 cm³/mol. The molecule has 4 heterocycles. The van der Waals surface area contributed by atoms with Crippen LogP contribution in [0.5, 0.6) is 0 Å². The summed E-state index contributed by atoms with van der Waals surface area (Å²) in [4.78, 5) is 9.86. The van der Waals surface area contributed by atoms with Crippen molar-refractivity contribution in [3.8, 4) is 39.2 Å². The standard InChI is InChI=1S/C52H31N3O/c1-2-16-42-39(13-1)43(35-10-7-11-36(30-35)45-28-25-34-22-21-33-12-9-29-53-50(33)51(34)54-45)31-44-49-38(17-8-20-48(49)56-52(42)44)32-23-26-37(27-24-32)55-46-18-5-3-14-40(46)41-15-4-6-19-47(41)55/h1-31H. The van der Waals surface area contributed by atoms with E-state index in [1.54, 1.807) is 0 Å². The van der Waals surface area contributed by atoms with Crippen molar-refractivity contribution in [2.45, 2.75) is 0 Å². The van der Waals surface area contributed by atoms with Gasteiger partial charge in [-0.3, -0.25) is 4.98 Å². The van der Waals surface area contributed by atoms with Gasteiger partial charge in [0.2, 0.25) is 0 Å². The Kier molecular flexibility index (Phi) is 6.60. The maximum absolute atomic E-state index is 6.75. The molecule has 4 nitrogen and oxygen atoms in total. The van der Waals surface area contributed by atoms with Gasteiger partial charge in [-0.2, -0.15) is 0 Å². The minimum Gasteiger partial charge on any atom is -0.455 e. The molecule has 56 heavy (non-hydrogen) atoms. The largest absolute Gasteiger partial charge is 0.455 e. The average molecular weight is 714 g/mol. The molecule has 0 spiro atoms. The van der Waals surface area contributed by atoms with Crippen molar-refractivity contribution in [2.24, 2.45) is 0 Å². The molecule has 260 valence electrons. The van der Waals surface area contributed by atoms with Crippen molar-refractivity contribution in [3.05, 3.63) is 188 Å². The van der Waals surface area contributed by atoms with Crippen LogP contribution >= 0.6 is 0 Å². The van der Waals surface area contributed by atoms with Gasteiger partial charge >= 0.3 is 0 Å². The second-order valence-corrected chi connectivity index (χ2v) is 14.5. The Balaban J connectivity index is 1.02. The lowest BCUT2D eigenvalue weighted by molar-refractivity contribution is 0.673. The summed E-state index contributed by atoms with van der Waals surface area (Å²) < 4.78 is 9.11. The summed E-state index contributed by atoms with van der Waals surface area (Å²) in [6.07, 6.45) is 1.84. The van der Waals surface area contributed by atoms with Gasteiger partial charge < -0.3 is 8.98 Å². The molecule has 0 amide bonds. The first-order valence-corrected chi connectivity index (χ1v) is 19.0. The van der Waals surface area contributed by atoms with Gasteiger partial charge in [-0.15, -0.1) is 0 Å². The monoisotopic (exact) mass is 713 g/mol. The van der Waals surface area contributed by atoms with Gasteiger partial charge in [0.25, 0.3) is 0 Å². The van der Waals surface area contributed by atoms with Gasteiger partial charge in [0.1, 0.15) is 11.2 Å². The van der Waals surface area contributed by atoms with E-state index < -0.39 is 0 Å². The molecular weight excluding hydrogens is 683 g/mol. The molecule has 4 heteroatoms. The van der Waals surface area contributed by atoms with Crippen LogP contribution in [-0.2, 0) is 0 Å². The van der Waals surface area contributed by atoms with E-state index in [-0.39, 0.29) is 0 Å². The highest BCUT2D eigenvalue weighted by molar-refractivity contribution is 6.22. The van der Waals surface area contributed by atoms with Gasteiger partial charge in [-0.05, 0) is 82.2 Å². The first kappa shape index (κ1) is 30.9. The number of pyridine rings is 2. The summed E-state index contributed by atoms with van der Waals surface area (Å²) in [5.74, 6) is 0. The highest BCUT2D eigenvalue weighted by atomic mass is 16.3. The fraction of sp³-hybridized carbons (Fsp3) is 0. The van der Waals surface area contributed by atoms with Gasteiger partial charge in [-0.1, -0.05) is 127 Å². The Hall–Kier alpha value is -7.56. The summed E-state index contributed by atoms with van der Waals surface area (Å²) in [5, 5.41) is 9.14. The van der Waals surface area contributed by atoms with Crippen LogP contribution in [0.4, 0.5) is 0 Å². The van der Waals surface area contributed by atoms with E-state index in [1.165, 1.54) is 21.8 Å². The maximum Gasteiger partial charge on any atom is 0.143 e. The highest BCUT2D eigenvalue weighted by Crippen LogP contribution is 2.44.